The molecule has 77 valence electrons. The molecule has 6 nitrogen and oxygen atoms in total. The van der Waals surface area contributed by atoms with Crippen LogP contribution in [-0.4, -0.2) is 0 Å². The predicted molar refractivity (Wildman–Crippen MR) is 29.8 cm³/mol. The summed E-state index contributed by atoms with van der Waals surface area (Å²) in [6.07, 6.45) is 0. The summed E-state index contributed by atoms with van der Waals surface area (Å²) in [5, 5.41) is 37.5. The van der Waals surface area contributed by atoms with E-state index in [4.69, 9.17) is 71.0 Å². The van der Waals surface area contributed by atoms with E-state index >= 15 is 0 Å². The molecule has 0 bridgehead atoms. The van der Waals surface area contributed by atoms with E-state index in [1.807, 2.05) is 0 Å². The van der Waals surface area contributed by atoms with Crippen LogP contribution < -0.4 is 0 Å². The summed E-state index contributed by atoms with van der Waals surface area (Å²) in [4.78, 5) is 0. The van der Waals surface area contributed by atoms with Crippen LogP contribution in [0.3, 0.4) is 0 Å². The molecule has 0 spiro atoms. The van der Waals surface area contributed by atoms with Crippen molar-refractivity contribution in [3.63, 3.8) is 0 Å². The van der Waals surface area contributed by atoms with Gasteiger partial charge in [-0.1, -0.05) is 0 Å². The van der Waals surface area contributed by atoms with Gasteiger partial charge in [0.05, 0.1) is 0 Å². The van der Waals surface area contributed by atoms with Crippen molar-refractivity contribution in [1.82, 2.24) is 0 Å². The van der Waals surface area contributed by atoms with Gasteiger partial charge in [0.25, 0.3) is 0 Å². The SMILES string of the molecule is [C-]#N.[C-]#N.[C-]#N.[C-]#N.[C-]#N.[C-]#N.[Ir].[Ni+2]. The van der Waals surface area contributed by atoms with Crippen molar-refractivity contribution in [1.29, 1.82) is 31.6 Å². The average Bonchev–Trinajstić information content (AvgIpc) is 2.33. The van der Waals surface area contributed by atoms with Crippen LogP contribution in [0.2, 0.25) is 0 Å². The molecule has 0 amide bonds. The first-order chi connectivity index (χ1) is 6.00. The molecule has 0 rings (SSSR count). The fraction of sp³-hybridized carbons (Fsp3) is 0. The molecular weight excluding hydrogens is 407 g/mol. The maximum atomic E-state index is 6.25. The van der Waals surface area contributed by atoms with E-state index < -0.39 is 0 Å². The van der Waals surface area contributed by atoms with E-state index in [9.17, 15) is 0 Å². The minimum atomic E-state index is 0. The smallest absolute Gasteiger partial charge is 0.512 e. The van der Waals surface area contributed by atoms with Crippen molar-refractivity contribution in [3.05, 3.63) is 39.4 Å². The molecule has 0 heterocycles. The van der Waals surface area contributed by atoms with Gasteiger partial charge in [0.15, 0.2) is 0 Å². The van der Waals surface area contributed by atoms with E-state index in [-0.39, 0.29) is 36.6 Å². The number of hydrogen-bond donors (Lipinski definition) is 0. The molecule has 0 aromatic heterocycles. The topological polar surface area (TPSA) is 143 Å². The van der Waals surface area contributed by atoms with Gasteiger partial charge < -0.3 is 71.0 Å². The van der Waals surface area contributed by atoms with Crippen molar-refractivity contribution in [2.75, 3.05) is 0 Å². The van der Waals surface area contributed by atoms with Crippen molar-refractivity contribution < 1.29 is 36.6 Å². The molecule has 0 aliphatic rings. The van der Waals surface area contributed by atoms with E-state index in [0.717, 1.165) is 0 Å². The second-order valence-corrected chi connectivity index (χ2v) is 0. The quantitative estimate of drug-likeness (QED) is 0.425. The molecule has 0 aliphatic heterocycles. The number of rotatable bonds is 0. The normalized spacial score (nSPS) is 0.857. The molecule has 0 unspecified atom stereocenters. The third-order valence-electron chi connectivity index (χ3n) is 0. The maximum absolute atomic E-state index is 6.25. The molecule has 0 N–H and O–H groups in total. The third-order valence-corrected chi connectivity index (χ3v) is 0. The summed E-state index contributed by atoms with van der Waals surface area (Å²) in [6.45, 7) is 28.5. The van der Waals surface area contributed by atoms with Crippen LogP contribution in [0.4, 0.5) is 0 Å². The zero-order valence-corrected chi connectivity index (χ0v) is 9.72. The second-order valence-electron chi connectivity index (χ2n) is 0. The van der Waals surface area contributed by atoms with Crippen LogP contribution >= 0.6 is 0 Å². The summed E-state index contributed by atoms with van der Waals surface area (Å²) in [5.74, 6) is 0. The Morgan fingerprint density at radius 3 is 0.357 bits per heavy atom. The third kappa shape index (κ3) is 226. The Kier molecular flexibility index (Phi) is 1950. The van der Waals surface area contributed by atoms with Crippen molar-refractivity contribution in [2.45, 2.75) is 0 Å². The molecule has 0 atom stereocenters. The Morgan fingerprint density at radius 2 is 0.357 bits per heavy atom. The fourth-order valence-electron chi connectivity index (χ4n) is 0. The minimum Gasteiger partial charge on any atom is -0.512 e. The summed E-state index contributed by atoms with van der Waals surface area (Å²) in [5.41, 5.74) is 0. The van der Waals surface area contributed by atoms with Crippen LogP contribution in [0.15, 0.2) is 0 Å². The van der Waals surface area contributed by atoms with Gasteiger partial charge in [-0.2, -0.15) is 0 Å². The Hall–Kier alpha value is -1.92. The van der Waals surface area contributed by atoms with E-state index in [2.05, 4.69) is 0 Å². The molecule has 14 heavy (non-hydrogen) atoms. The largest absolute Gasteiger partial charge is 2.00 e. The summed E-state index contributed by atoms with van der Waals surface area (Å²) in [6, 6.07) is 0. The molecular formula is C6IrN6Ni-4. The number of nitrogens with zero attached hydrogens (tertiary/aromatic N) is 6. The van der Waals surface area contributed by atoms with Gasteiger partial charge in [0.1, 0.15) is 0 Å². The van der Waals surface area contributed by atoms with Gasteiger partial charge in [-0.05, 0) is 0 Å². The van der Waals surface area contributed by atoms with Crippen LogP contribution in [0.5, 0.6) is 0 Å². The van der Waals surface area contributed by atoms with Gasteiger partial charge >= 0.3 is 16.5 Å². The Bertz CT molecular complexity index is 97.3. The van der Waals surface area contributed by atoms with Crippen molar-refractivity contribution in [2.24, 2.45) is 0 Å². The monoisotopic (exact) mass is 407 g/mol. The summed E-state index contributed by atoms with van der Waals surface area (Å²) in [7, 11) is 0. The van der Waals surface area contributed by atoms with Crippen LogP contribution in [0.25, 0.3) is 0 Å². The van der Waals surface area contributed by atoms with Crippen molar-refractivity contribution in [3.8, 4) is 0 Å². The van der Waals surface area contributed by atoms with Gasteiger partial charge in [-0.25, -0.2) is 0 Å². The van der Waals surface area contributed by atoms with Gasteiger partial charge in [0.2, 0.25) is 0 Å². The summed E-state index contributed by atoms with van der Waals surface area (Å²) < 4.78 is 0. The first kappa shape index (κ1) is 89.0. The molecule has 8 heteroatoms. The molecule has 0 saturated heterocycles. The molecule has 0 aromatic rings. The first-order valence-corrected chi connectivity index (χ1v) is 1.34. The zero-order valence-electron chi connectivity index (χ0n) is 6.33. The maximum Gasteiger partial charge on any atom is 2.00 e. The Labute approximate surface area is 107 Å². The first-order valence-electron chi connectivity index (χ1n) is 1.34. The van der Waals surface area contributed by atoms with Gasteiger partial charge in [0, 0.05) is 20.1 Å². The second kappa shape index (κ2) is 307. The Balaban J connectivity index is -0.00000000500. The molecule has 0 aliphatic carbocycles. The zero-order chi connectivity index (χ0) is 12.0. The molecule has 1 radical (unpaired) electrons. The number of hydrogen-bond acceptors (Lipinski definition) is 6. The van der Waals surface area contributed by atoms with E-state index in [1.165, 1.54) is 0 Å². The van der Waals surface area contributed by atoms with E-state index in [1.54, 1.807) is 0 Å². The predicted octanol–water partition coefficient (Wildman–Crippen LogP) is 0.573. The van der Waals surface area contributed by atoms with E-state index in [0.29, 0.717) is 0 Å². The minimum absolute atomic E-state index is 0. The van der Waals surface area contributed by atoms with Crippen LogP contribution in [0.1, 0.15) is 0 Å². The molecule has 0 fully saturated rings. The van der Waals surface area contributed by atoms with Crippen molar-refractivity contribution >= 4 is 0 Å². The molecule has 0 aromatic carbocycles. The average molecular weight is 407 g/mol. The summed E-state index contributed by atoms with van der Waals surface area (Å²) >= 11 is 0. The van der Waals surface area contributed by atoms with Crippen LogP contribution in [0, 0.1) is 71.0 Å². The van der Waals surface area contributed by atoms with Gasteiger partial charge in [-0.15, -0.1) is 0 Å². The Morgan fingerprint density at radius 1 is 0.357 bits per heavy atom. The van der Waals surface area contributed by atoms with Crippen LogP contribution in [-0.2, 0) is 36.6 Å². The standard InChI is InChI=1S/6CN.Ir.Ni/c6*1-2;;/q6*-1;;+2. The molecule has 0 saturated carbocycles. The fourth-order valence-corrected chi connectivity index (χ4v) is 0. The van der Waals surface area contributed by atoms with Gasteiger partial charge in [-0.3, -0.25) is 0 Å².